The number of hydrogen-bond donors (Lipinski definition) is 0. The Morgan fingerprint density at radius 3 is 2.52 bits per heavy atom. The molecule has 0 N–H and O–H groups in total. The van der Waals surface area contributed by atoms with Crippen molar-refractivity contribution in [3.05, 3.63) is 82.6 Å². The lowest BCUT2D eigenvalue weighted by molar-refractivity contribution is 0.0674. The van der Waals surface area contributed by atoms with E-state index >= 15 is 0 Å². The molecule has 9 heteroatoms. The van der Waals surface area contributed by atoms with Crippen molar-refractivity contribution in [1.29, 1.82) is 0 Å². The molecule has 0 saturated carbocycles. The van der Waals surface area contributed by atoms with Crippen LogP contribution in [0.15, 0.2) is 66.0 Å². The van der Waals surface area contributed by atoms with E-state index in [1.807, 2.05) is 19.9 Å². The summed E-state index contributed by atoms with van der Waals surface area (Å²) in [5.41, 5.74) is 1.77. The fourth-order valence-electron chi connectivity index (χ4n) is 3.60. The molecule has 0 atom stereocenters. The van der Waals surface area contributed by atoms with E-state index in [1.165, 1.54) is 6.20 Å². The molecule has 7 nitrogen and oxygen atoms in total. The van der Waals surface area contributed by atoms with Gasteiger partial charge in [0.2, 0.25) is 15.0 Å². The van der Waals surface area contributed by atoms with Crippen molar-refractivity contribution in [3.63, 3.8) is 0 Å². The molecule has 0 radical (unpaired) electrons. The molecular formula is C24H28ClN3O4S. The SMILES string of the molecule is COCCN(Cc1cnc(S(=O)(=O)Cc2cccc(Cl)c2)n1C(C)C)C(=O)c1ccccc1. The van der Waals surface area contributed by atoms with E-state index in [4.69, 9.17) is 16.3 Å². The van der Waals surface area contributed by atoms with E-state index < -0.39 is 9.84 Å². The number of aromatic nitrogens is 2. The zero-order valence-electron chi connectivity index (χ0n) is 18.9. The van der Waals surface area contributed by atoms with Crippen LogP contribution in [-0.2, 0) is 26.9 Å². The van der Waals surface area contributed by atoms with E-state index in [0.29, 0.717) is 35.0 Å². The quantitative estimate of drug-likeness (QED) is 0.422. The molecule has 1 heterocycles. The van der Waals surface area contributed by atoms with Crippen molar-refractivity contribution in [2.75, 3.05) is 20.3 Å². The van der Waals surface area contributed by atoms with Crippen molar-refractivity contribution in [2.45, 2.75) is 37.3 Å². The number of methoxy groups -OCH3 is 1. The second-order valence-electron chi connectivity index (χ2n) is 7.97. The summed E-state index contributed by atoms with van der Waals surface area (Å²) in [6.45, 7) is 4.70. The summed E-state index contributed by atoms with van der Waals surface area (Å²) in [5, 5.41) is 0.454. The van der Waals surface area contributed by atoms with E-state index in [-0.39, 0.29) is 29.4 Å². The average Bonchev–Trinajstić information content (AvgIpc) is 3.21. The summed E-state index contributed by atoms with van der Waals surface area (Å²) in [6.07, 6.45) is 1.53. The lowest BCUT2D eigenvalue weighted by Crippen LogP contribution is -2.34. The number of halogens is 1. The fraction of sp³-hybridized carbons (Fsp3) is 0.333. The minimum atomic E-state index is -3.75. The Morgan fingerprint density at radius 2 is 1.88 bits per heavy atom. The van der Waals surface area contributed by atoms with Gasteiger partial charge in [-0.05, 0) is 43.7 Å². The first kappa shape index (κ1) is 25.0. The summed E-state index contributed by atoms with van der Waals surface area (Å²) < 4.78 is 33.3. The van der Waals surface area contributed by atoms with Gasteiger partial charge in [-0.1, -0.05) is 41.9 Å². The van der Waals surface area contributed by atoms with Crippen LogP contribution in [0.5, 0.6) is 0 Å². The molecule has 0 aliphatic carbocycles. The maximum atomic E-state index is 13.2. The predicted octanol–water partition coefficient (Wildman–Crippen LogP) is 4.38. The number of amides is 1. The van der Waals surface area contributed by atoms with Crippen LogP contribution in [0, 0.1) is 0 Å². The second kappa shape index (κ2) is 11.0. The molecule has 0 fully saturated rings. The number of imidazole rings is 1. The Bertz CT molecular complexity index is 1190. The van der Waals surface area contributed by atoms with Gasteiger partial charge in [0.05, 0.1) is 30.8 Å². The first-order chi connectivity index (χ1) is 15.7. The molecule has 176 valence electrons. The molecule has 0 aliphatic rings. The Balaban J connectivity index is 1.93. The van der Waals surface area contributed by atoms with E-state index in [1.54, 1.807) is 65.1 Å². The third-order valence-electron chi connectivity index (χ3n) is 5.11. The van der Waals surface area contributed by atoms with Crippen molar-refractivity contribution < 1.29 is 17.9 Å². The maximum absolute atomic E-state index is 13.2. The van der Waals surface area contributed by atoms with Crippen LogP contribution >= 0.6 is 11.6 Å². The van der Waals surface area contributed by atoms with Crippen LogP contribution in [0.2, 0.25) is 5.02 Å². The van der Waals surface area contributed by atoms with Gasteiger partial charge in [-0.2, -0.15) is 0 Å². The number of carbonyl (C=O) groups excluding carboxylic acids is 1. The topological polar surface area (TPSA) is 81.5 Å². The molecule has 3 aromatic rings. The summed E-state index contributed by atoms with van der Waals surface area (Å²) >= 11 is 6.02. The number of ether oxygens (including phenoxy) is 1. The lowest BCUT2D eigenvalue weighted by Gasteiger charge is -2.24. The number of rotatable bonds is 10. The zero-order chi connectivity index (χ0) is 24.0. The Kier molecular flexibility index (Phi) is 8.29. The van der Waals surface area contributed by atoms with Crippen LogP contribution in [0.4, 0.5) is 0 Å². The van der Waals surface area contributed by atoms with Gasteiger partial charge in [-0.3, -0.25) is 4.79 Å². The molecule has 0 aliphatic heterocycles. The zero-order valence-corrected chi connectivity index (χ0v) is 20.5. The van der Waals surface area contributed by atoms with Crippen molar-refractivity contribution in [1.82, 2.24) is 14.5 Å². The third kappa shape index (κ3) is 6.22. The standard InChI is InChI=1S/C24H28ClN3O4S/c1-18(2)28-22(16-27(12-13-32-3)23(29)20-9-5-4-6-10-20)15-26-24(28)33(30,31)17-19-8-7-11-21(25)14-19/h4-11,14-15,18H,12-13,16-17H2,1-3H3. The number of sulfone groups is 1. The highest BCUT2D eigenvalue weighted by atomic mass is 35.5. The molecule has 0 saturated heterocycles. The number of hydrogen-bond acceptors (Lipinski definition) is 5. The summed E-state index contributed by atoms with van der Waals surface area (Å²) in [7, 11) is -2.17. The van der Waals surface area contributed by atoms with Crippen LogP contribution in [0.25, 0.3) is 0 Å². The molecular weight excluding hydrogens is 462 g/mol. The molecule has 33 heavy (non-hydrogen) atoms. The Hall–Kier alpha value is -2.68. The van der Waals surface area contributed by atoms with E-state index in [2.05, 4.69) is 4.98 Å². The van der Waals surface area contributed by atoms with Gasteiger partial charge in [-0.25, -0.2) is 13.4 Å². The smallest absolute Gasteiger partial charge is 0.254 e. The minimum absolute atomic E-state index is 0.0219. The number of nitrogens with zero attached hydrogens (tertiary/aromatic N) is 3. The fourth-order valence-corrected chi connectivity index (χ4v) is 5.40. The lowest BCUT2D eigenvalue weighted by atomic mass is 10.2. The van der Waals surface area contributed by atoms with Gasteiger partial charge >= 0.3 is 0 Å². The van der Waals surface area contributed by atoms with Gasteiger partial charge in [0.25, 0.3) is 5.91 Å². The molecule has 1 amide bonds. The van der Waals surface area contributed by atoms with Gasteiger partial charge in [0, 0.05) is 30.3 Å². The maximum Gasteiger partial charge on any atom is 0.254 e. The molecule has 0 spiro atoms. The molecule has 3 rings (SSSR count). The summed E-state index contributed by atoms with van der Waals surface area (Å²) in [6, 6.07) is 15.6. The second-order valence-corrected chi connectivity index (χ2v) is 10.3. The molecule has 2 aromatic carbocycles. The first-order valence-corrected chi connectivity index (χ1v) is 12.6. The highest BCUT2D eigenvalue weighted by molar-refractivity contribution is 7.90. The molecule has 0 unspecified atom stereocenters. The van der Waals surface area contributed by atoms with Crippen LogP contribution in [0.1, 0.15) is 41.5 Å². The number of carbonyl (C=O) groups is 1. The number of benzene rings is 2. The Labute approximate surface area is 199 Å². The highest BCUT2D eigenvalue weighted by Crippen LogP contribution is 2.24. The Morgan fingerprint density at radius 1 is 1.15 bits per heavy atom. The summed E-state index contributed by atoms with van der Waals surface area (Å²) in [4.78, 5) is 19.0. The average molecular weight is 490 g/mol. The minimum Gasteiger partial charge on any atom is -0.383 e. The molecule has 1 aromatic heterocycles. The largest absolute Gasteiger partial charge is 0.383 e. The van der Waals surface area contributed by atoms with Crippen LogP contribution in [0.3, 0.4) is 0 Å². The molecule has 0 bridgehead atoms. The van der Waals surface area contributed by atoms with Gasteiger partial charge in [0.15, 0.2) is 0 Å². The van der Waals surface area contributed by atoms with Crippen molar-refractivity contribution in [2.24, 2.45) is 0 Å². The summed E-state index contributed by atoms with van der Waals surface area (Å²) in [5.74, 6) is -0.375. The van der Waals surface area contributed by atoms with Gasteiger partial charge in [-0.15, -0.1) is 0 Å². The normalized spacial score (nSPS) is 11.7. The van der Waals surface area contributed by atoms with Crippen molar-refractivity contribution in [3.8, 4) is 0 Å². The highest BCUT2D eigenvalue weighted by Gasteiger charge is 2.27. The van der Waals surface area contributed by atoms with Gasteiger partial charge < -0.3 is 14.2 Å². The van der Waals surface area contributed by atoms with Gasteiger partial charge in [0.1, 0.15) is 0 Å². The van der Waals surface area contributed by atoms with Crippen LogP contribution < -0.4 is 0 Å². The van der Waals surface area contributed by atoms with Crippen LogP contribution in [-0.4, -0.2) is 49.0 Å². The van der Waals surface area contributed by atoms with E-state index in [9.17, 15) is 13.2 Å². The van der Waals surface area contributed by atoms with Crippen molar-refractivity contribution >= 4 is 27.3 Å². The van der Waals surface area contributed by atoms with E-state index in [0.717, 1.165) is 0 Å². The monoisotopic (exact) mass is 489 g/mol. The third-order valence-corrected chi connectivity index (χ3v) is 6.91. The predicted molar refractivity (Wildman–Crippen MR) is 128 cm³/mol. The first-order valence-electron chi connectivity index (χ1n) is 10.6.